The fraction of sp³-hybridized carbons (Fsp3) is 0.500. The van der Waals surface area contributed by atoms with Crippen molar-refractivity contribution >= 4 is 15.9 Å². The van der Waals surface area contributed by atoms with Gasteiger partial charge in [-0.25, -0.2) is 0 Å². The Morgan fingerprint density at radius 2 is 2.00 bits per heavy atom. The molecule has 0 amide bonds. The monoisotopic (exact) mass is 311 g/mol. The maximum absolute atomic E-state index is 8.88. The maximum atomic E-state index is 8.88. The van der Waals surface area contributed by atoms with Crippen LogP contribution in [0.2, 0.25) is 0 Å². The van der Waals surface area contributed by atoms with Gasteiger partial charge in [-0.3, -0.25) is 0 Å². The number of halogens is 1. The average Bonchev–Trinajstić information content (AvgIpc) is 2.24. The van der Waals surface area contributed by atoms with Crippen molar-refractivity contribution in [2.24, 2.45) is 0 Å². The highest BCUT2D eigenvalue weighted by molar-refractivity contribution is 9.10. The molecule has 4 heteroatoms. The first-order chi connectivity index (χ1) is 8.30. The predicted molar refractivity (Wildman–Crippen MR) is 74.7 cm³/mol. The molecule has 0 radical (unpaired) electrons. The van der Waals surface area contributed by atoms with Crippen LogP contribution in [-0.4, -0.2) is 18.3 Å². The van der Waals surface area contributed by atoms with E-state index < -0.39 is 0 Å². The van der Waals surface area contributed by atoms with E-state index in [1.54, 1.807) is 12.1 Å². The van der Waals surface area contributed by atoms with Crippen LogP contribution >= 0.6 is 15.9 Å². The van der Waals surface area contributed by atoms with Crippen molar-refractivity contribution in [3.8, 4) is 11.8 Å². The second kappa shape index (κ2) is 6.21. The minimum absolute atomic E-state index is 0.0648. The summed E-state index contributed by atoms with van der Waals surface area (Å²) in [4.78, 5) is 0. The SMILES string of the molecule is C[C@@H](COC(C)(C)C)Oc1cc(Br)cc(C#N)c1. The Kier molecular flexibility index (Phi) is 5.18. The predicted octanol–water partition coefficient (Wildman–Crippen LogP) is 3.90. The molecule has 0 aromatic heterocycles. The second-order valence-corrected chi connectivity index (χ2v) is 6.05. The molecule has 0 saturated heterocycles. The lowest BCUT2D eigenvalue weighted by molar-refractivity contribution is -0.0374. The Balaban J connectivity index is 2.62. The topological polar surface area (TPSA) is 42.2 Å². The molecule has 1 aromatic carbocycles. The lowest BCUT2D eigenvalue weighted by Crippen LogP contribution is -2.27. The van der Waals surface area contributed by atoms with Gasteiger partial charge in [0.05, 0.1) is 23.8 Å². The molecule has 0 fully saturated rings. The molecule has 0 heterocycles. The van der Waals surface area contributed by atoms with Gasteiger partial charge in [0.1, 0.15) is 11.9 Å². The number of ether oxygens (including phenoxy) is 2. The molecule has 0 spiro atoms. The Morgan fingerprint density at radius 1 is 1.33 bits per heavy atom. The zero-order valence-electron chi connectivity index (χ0n) is 11.2. The van der Waals surface area contributed by atoms with E-state index in [0.29, 0.717) is 17.9 Å². The molecular weight excluding hydrogens is 294 g/mol. The van der Waals surface area contributed by atoms with Crippen LogP contribution in [0.4, 0.5) is 0 Å². The van der Waals surface area contributed by atoms with Gasteiger partial charge >= 0.3 is 0 Å². The summed E-state index contributed by atoms with van der Waals surface area (Å²) in [6, 6.07) is 7.41. The van der Waals surface area contributed by atoms with E-state index >= 15 is 0 Å². The molecule has 0 aliphatic carbocycles. The zero-order valence-corrected chi connectivity index (χ0v) is 12.7. The average molecular weight is 312 g/mol. The highest BCUT2D eigenvalue weighted by atomic mass is 79.9. The molecular formula is C14H18BrNO2. The molecule has 0 N–H and O–H groups in total. The van der Waals surface area contributed by atoms with Crippen LogP contribution in [0, 0.1) is 11.3 Å². The van der Waals surface area contributed by atoms with Gasteiger partial charge < -0.3 is 9.47 Å². The van der Waals surface area contributed by atoms with Gasteiger partial charge in [-0.1, -0.05) is 15.9 Å². The molecule has 0 unspecified atom stereocenters. The van der Waals surface area contributed by atoms with Crippen molar-refractivity contribution in [2.45, 2.75) is 39.4 Å². The minimum Gasteiger partial charge on any atom is -0.488 e. The molecule has 1 rings (SSSR count). The summed E-state index contributed by atoms with van der Waals surface area (Å²) in [7, 11) is 0. The molecule has 3 nitrogen and oxygen atoms in total. The number of nitrogens with zero attached hydrogens (tertiary/aromatic N) is 1. The number of rotatable bonds is 4. The van der Waals surface area contributed by atoms with Gasteiger partial charge in [-0.05, 0) is 45.9 Å². The number of benzene rings is 1. The van der Waals surface area contributed by atoms with Gasteiger partial charge in [0.2, 0.25) is 0 Å². The van der Waals surface area contributed by atoms with Gasteiger partial charge in [0.15, 0.2) is 0 Å². The second-order valence-electron chi connectivity index (χ2n) is 5.14. The van der Waals surface area contributed by atoms with Crippen molar-refractivity contribution in [3.05, 3.63) is 28.2 Å². The Labute approximate surface area is 117 Å². The van der Waals surface area contributed by atoms with Crippen molar-refractivity contribution in [2.75, 3.05) is 6.61 Å². The van der Waals surface area contributed by atoms with E-state index in [2.05, 4.69) is 22.0 Å². The van der Waals surface area contributed by atoms with Crippen LogP contribution in [0.25, 0.3) is 0 Å². The smallest absolute Gasteiger partial charge is 0.122 e. The molecule has 98 valence electrons. The van der Waals surface area contributed by atoms with Crippen molar-refractivity contribution < 1.29 is 9.47 Å². The molecule has 1 aromatic rings. The third-order valence-corrected chi connectivity index (χ3v) is 2.55. The molecule has 18 heavy (non-hydrogen) atoms. The molecule has 0 aliphatic rings. The van der Waals surface area contributed by atoms with Crippen LogP contribution in [0.1, 0.15) is 33.3 Å². The van der Waals surface area contributed by atoms with Crippen molar-refractivity contribution in [1.29, 1.82) is 5.26 Å². The minimum atomic E-state index is -0.174. The van der Waals surface area contributed by atoms with Crippen LogP contribution < -0.4 is 4.74 Å². The number of hydrogen-bond acceptors (Lipinski definition) is 3. The van der Waals surface area contributed by atoms with Crippen LogP contribution in [0.3, 0.4) is 0 Å². The normalized spacial score (nSPS) is 12.9. The highest BCUT2D eigenvalue weighted by Gasteiger charge is 2.13. The van der Waals surface area contributed by atoms with E-state index in [4.69, 9.17) is 14.7 Å². The van der Waals surface area contributed by atoms with E-state index in [9.17, 15) is 0 Å². The fourth-order valence-electron chi connectivity index (χ4n) is 1.33. The summed E-state index contributed by atoms with van der Waals surface area (Å²) in [5, 5.41) is 8.88. The maximum Gasteiger partial charge on any atom is 0.122 e. The van der Waals surface area contributed by atoms with Crippen molar-refractivity contribution in [3.63, 3.8) is 0 Å². The molecule has 0 bridgehead atoms. The summed E-state index contributed by atoms with van der Waals surface area (Å²) in [6.45, 7) is 8.47. The van der Waals surface area contributed by atoms with Crippen LogP contribution in [0.5, 0.6) is 5.75 Å². The summed E-state index contributed by atoms with van der Waals surface area (Å²) >= 11 is 3.35. The van der Waals surface area contributed by atoms with Crippen molar-refractivity contribution in [1.82, 2.24) is 0 Å². The first-order valence-electron chi connectivity index (χ1n) is 5.81. The van der Waals surface area contributed by atoms with E-state index in [1.165, 1.54) is 0 Å². The lowest BCUT2D eigenvalue weighted by Gasteiger charge is -2.23. The molecule has 0 saturated carbocycles. The van der Waals surface area contributed by atoms with Gasteiger partial charge in [0.25, 0.3) is 0 Å². The van der Waals surface area contributed by atoms with E-state index in [-0.39, 0.29) is 11.7 Å². The highest BCUT2D eigenvalue weighted by Crippen LogP contribution is 2.22. The standard InChI is InChI=1S/C14H18BrNO2/c1-10(9-17-14(2,3)4)18-13-6-11(8-16)5-12(15)7-13/h5-7,10H,9H2,1-4H3/t10-/m0/s1. The number of nitriles is 1. The zero-order chi connectivity index (χ0) is 13.8. The lowest BCUT2D eigenvalue weighted by atomic mass is 10.2. The summed E-state index contributed by atoms with van der Waals surface area (Å²) in [6.07, 6.45) is -0.0648. The van der Waals surface area contributed by atoms with Gasteiger partial charge in [-0.2, -0.15) is 5.26 Å². The summed E-state index contributed by atoms with van der Waals surface area (Å²) < 4.78 is 12.2. The Bertz CT molecular complexity index is 446. The van der Waals surface area contributed by atoms with E-state index in [1.807, 2.05) is 33.8 Å². The Morgan fingerprint density at radius 3 is 2.56 bits per heavy atom. The third kappa shape index (κ3) is 5.52. The van der Waals surface area contributed by atoms with Crippen LogP contribution in [-0.2, 0) is 4.74 Å². The largest absolute Gasteiger partial charge is 0.488 e. The molecule has 0 aliphatic heterocycles. The third-order valence-electron chi connectivity index (χ3n) is 2.09. The quantitative estimate of drug-likeness (QED) is 0.846. The summed E-state index contributed by atoms with van der Waals surface area (Å²) in [5.41, 5.74) is 0.399. The number of hydrogen-bond donors (Lipinski definition) is 0. The first-order valence-corrected chi connectivity index (χ1v) is 6.61. The Hall–Kier alpha value is -1.05. The summed E-state index contributed by atoms with van der Waals surface area (Å²) in [5.74, 6) is 0.672. The fourth-order valence-corrected chi connectivity index (χ4v) is 1.80. The first kappa shape index (κ1) is 15.0. The van der Waals surface area contributed by atoms with Gasteiger partial charge in [-0.15, -0.1) is 0 Å². The van der Waals surface area contributed by atoms with E-state index in [0.717, 1.165) is 4.47 Å². The van der Waals surface area contributed by atoms with Crippen LogP contribution in [0.15, 0.2) is 22.7 Å². The van der Waals surface area contributed by atoms with Gasteiger partial charge in [0, 0.05) is 4.47 Å². The molecule has 1 atom stereocenters.